The summed E-state index contributed by atoms with van der Waals surface area (Å²) in [4.78, 5) is 14.8. The largest absolute Gasteiger partial charge is 0.439 e. The second kappa shape index (κ2) is 5.19. The molecule has 1 atom stereocenters. The average Bonchev–Trinajstić information content (AvgIpc) is 2.86. The van der Waals surface area contributed by atoms with Crippen LogP contribution >= 0.6 is 0 Å². The number of nitro groups is 1. The van der Waals surface area contributed by atoms with Gasteiger partial charge in [-0.2, -0.15) is 0 Å². The normalized spacial score (nSPS) is 12.4. The number of aromatic nitrogens is 1. The van der Waals surface area contributed by atoms with Gasteiger partial charge in [0, 0.05) is 6.07 Å². The van der Waals surface area contributed by atoms with E-state index < -0.39 is 4.92 Å². The van der Waals surface area contributed by atoms with E-state index in [1.807, 2.05) is 13.8 Å². The molecule has 1 N–H and O–H groups in total. The van der Waals surface area contributed by atoms with Crippen LogP contribution in [0.1, 0.15) is 24.4 Å². The summed E-state index contributed by atoms with van der Waals surface area (Å²) >= 11 is 0. The van der Waals surface area contributed by atoms with Crippen molar-refractivity contribution in [3.8, 4) is 11.3 Å². The van der Waals surface area contributed by atoms with Crippen LogP contribution in [0.5, 0.6) is 0 Å². The molecule has 1 aromatic heterocycles. The van der Waals surface area contributed by atoms with Gasteiger partial charge in [0.15, 0.2) is 5.76 Å². The van der Waals surface area contributed by atoms with Crippen molar-refractivity contribution in [2.24, 2.45) is 0 Å². The minimum Gasteiger partial charge on any atom is -0.439 e. The summed E-state index contributed by atoms with van der Waals surface area (Å²) in [6.07, 6.45) is 1.52. The lowest BCUT2D eigenvalue weighted by Gasteiger charge is -2.04. The van der Waals surface area contributed by atoms with Gasteiger partial charge in [0.05, 0.1) is 22.7 Å². The van der Waals surface area contributed by atoms with Gasteiger partial charge in [0.2, 0.25) is 5.89 Å². The Morgan fingerprint density at radius 2 is 2.21 bits per heavy atom. The summed E-state index contributed by atoms with van der Waals surface area (Å²) in [7, 11) is 1.80. The van der Waals surface area contributed by atoms with E-state index in [9.17, 15) is 10.1 Å². The van der Waals surface area contributed by atoms with Gasteiger partial charge in [-0.15, -0.1) is 0 Å². The summed E-state index contributed by atoms with van der Waals surface area (Å²) in [5.74, 6) is 0.917. The van der Waals surface area contributed by atoms with Crippen molar-refractivity contribution in [3.05, 3.63) is 46.0 Å². The van der Waals surface area contributed by atoms with Crippen molar-refractivity contribution in [1.82, 2.24) is 10.3 Å². The maximum absolute atomic E-state index is 11.0. The predicted molar refractivity (Wildman–Crippen MR) is 70.8 cm³/mol. The Morgan fingerprint density at radius 1 is 1.47 bits per heavy atom. The van der Waals surface area contributed by atoms with E-state index in [2.05, 4.69) is 10.3 Å². The Bertz CT molecular complexity index is 607. The number of aryl methyl sites for hydroxylation is 1. The van der Waals surface area contributed by atoms with Crippen LogP contribution < -0.4 is 5.32 Å². The van der Waals surface area contributed by atoms with Gasteiger partial charge in [-0.3, -0.25) is 10.1 Å². The quantitative estimate of drug-likeness (QED) is 0.676. The zero-order valence-corrected chi connectivity index (χ0v) is 11.0. The van der Waals surface area contributed by atoms with Crippen molar-refractivity contribution in [2.75, 3.05) is 7.05 Å². The molecule has 0 aliphatic heterocycles. The van der Waals surface area contributed by atoms with Gasteiger partial charge in [-0.1, -0.05) is 6.07 Å². The smallest absolute Gasteiger partial charge is 0.280 e. The summed E-state index contributed by atoms with van der Waals surface area (Å²) in [5, 5.41) is 14.0. The molecule has 2 aromatic rings. The lowest BCUT2D eigenvalue weighted by atomic mass is 10.1. The predicted octanol–water partition coefficient (Wildman–Crippen LogP) is 2.84. The molecular formula is C13H15N3O3. The molecule has 1 heterocycles. The molecule has 6 heteroatoms. The average molecular weight is 261 g/mol. The van der Waals surface area contributed by atoms with Crippen LogP contribution in [-0.4, -0.2) is 17.0 Å². The van der Waals surface area contributed by atoms with E-state index in [1.165, 1.54) is 12.3 Å². The minimum atomic E-state index is -0.418. The van der Waals surface area contributed by atoms with Crippen LogP contribution in [0.15, 0.2) is 28.8 Å². The van der Waals surface area contributed by atoms with Crippen LogP contribution in [0.3, 0.4) is 0 Å². The van der Waals surface area contributed by atoms with Crippen molar-refractivity contribution >= 4 is 5.69 Å². The first-order valence-corrected chi connectivity index (χ1v) is 5.91. The topological polar surface area (TPSA) is 81.2 Å². The molecule has 0 bridgehead atoms. The highest BCUT2D eigenvalue weighted by atomic mass is 16.6. The second-order valence-corrected chi connectivity index (χ2v) is 4.35. The maximum atomic E-state index is 11.0. The summed E-state index contributed by atoms with van der Waals surface area (Å²) in [6, 6.07) is 4.87. The summed E-state index contributed by atoms with van der Waals surface area (Å²) in [6.45, 7) is 3.78. The van der Waals surface area contributed by atoms with Crippen LogP contribution in [0.25, 0.3) is 11.3 Å². The van der Waals surface area contributed by atoms with E-state index in [-0.39, 0.29) is 11.7 Å². The van der Waals surface area contributed by atoms with Crippen LogP contribution in [0.2, 0.25) is 0 Å². The number of nitrogens with one attached hydrogen (secondary N) is 1. The number of oxazole rings is 1. The lowest BCUT2D eigenvalue weighted by molar-refractivity contribution is -0.384. The molecule has 19 heavy (non-hydrogen) atoms. The van der Waals surface area contributed by atoms with E-state index >= 15 is 0 Å². The summed E-state index contributed by atoms with van der Waals surface area (Å²) < 4.78 is 5.59. The van der Waals surface area contributed by atoms with E-state index in [0.717, 1.165) is 5.56 Å². The second-order valence-electron chi connectivity index (χ2n) is 4.35. The fraction of sp³-hybridized carbons (Fsp3) is 0.308. The maximum Gasteiger partial charge on any atom is 0.280 e. The van der Waals surface area contributed by atoms with Gasteiger partial charge in [0.25, 0.3) is 5.69 Å². The highest BCUT2D eigenvalue weighted by molar-refractivity contribution is 5.69. The van der Waals surface area contributed by atoms with Gasteiger partial charge in [-0.05, 0) is 32.5 Å². The molecule has 0 saturated carbocycles. The van der Waals surface area contributed by atoms with Gasteiger partial charge >= 0.3 is 0 Å². The monoisotopic (exact) mass is 261 g/mol. The fourth-order valence-corrected chi connectivity index (χ4v) is 1.74. The Hall–Kier alpha value is -2.21. The highest BCUT2D eigenvalue weighted by Gasteiger charge is 2.20. The van der Waals surface area contributed by atoms with Gasteiger partial charge in [-0.25, -0.2) is 4.98 Å². The Labute approximate surface area is 110 Å². The van der Waals surface area contributed by atoms with Crippen molar-refractivity contribution < 1.29 is 9.34 Å². The van der Waals surface area contributed by atoms with Crippen LogP contribution in [0, 0.1) is 17.0 Å². The Kier molecular flexibility index (Phi) is 3.62. The SMILES string of the molecule is CNC(C)c1ncc(-c2cc(C)ccc2[N+](=O)[O-])o1. The van der Waals surface area contributed by atoms with Crippen molar-refractivity contribution in [3.63, 3.8) is 0 Å². The first kappa shape index (κ1) is 13.2. The highest BCUT2D eigenvalue weighted by Crippen LogP contribution is 2.32. The molecule has 0 radical (unpaired) electrons. The molecule has 0 saturated heterocycles. The summed E-state index contributed by atoms with van der Waals surface area (Å²) in [5.41, 5.74) is 1.40. The van der Waals surface area contributed by atoms with Gasteiger partial charge < -0.3 is 9.73 Å². The molecule has 0 aliphatic carbocycles. The Morgan fingerprint density at radius 3 is 2.84 bits per heavy atom. The molecule has 0 spiro atoms. The molecule has 2 rings (SSSR count). The molecule has 0 amide bonds. The zero-order valence-electron chi connectivity index (χ0n) is 11.0. The molecular weight excluding hydrogens is 246 g/mol. The first-order valence-electron chi connectivity index (χ1n) is 5.91. The van der Waals surface area contributed by atoms with Gasteiger partial charge in [0.1, 0.15) is 0 Å². The Balaban J connectivity index is 2.49. The molecule has 0 fully saturated rings. The molecule has 0 aliphatic rings. The van der Waals surface area contributed by atoms with Crippen LogP contribution in [0.4, 0.5) is 5.69 Å². The molecule has 1 unspecified atom stereocenters. The molecule has 6 nitrogen and oxygen atoms in total. The third-order valence-corrected chi connectivity index (χ3v) is 2.94. The number of rotatable bonds is 4. The minimum absolute atomic E-state index is 0.0189. The first-order chi connectivity index (χ1) is 9.02. The number of benzene rings is 1. The third kappa shape index (κ3) is 2.63. The van der Waals surface area contributed by atoms with Crippen LogP contribution in [-0.2, 0) is 0 Å². The fourth-order valence-electron chi connectivity index (χ4n) is 1.74. The molecule has 100 valence electrons. The lowest BCUT2D eigenvalue weighted by Crippen LogP contribution is -2.12. The number of nitro benzene ring substituents is 1. The molecule has 1 aromatic carbocycles. The standard InChI is InChI=1S/C13H15N3O3/c1-8-4-5-11(16(17)18)10(6-8)12-7-15-13(19-12)9(2)14-3/h4-7,9,14H,1-3H3. The van der Waals surface area contributed by atoms with Crippen molar-refractivity contribution in [2.45, 2.75) is 19.9 Å². The number of nitrogens with zero attached hydrogens (tertiary/aromatic N) is 2. The van der Waals surface area contributed by atoms with E-state index in [4.69, 9.17) is 4.42 Å². The zero-order chi connectivity index (χ0) is 14.0. The number of hydrogen-bond acceptors (Lipinski definition) is 5. The van der Waals surface area contributed by atoms with E-state index in [1.54, 1.807) is 19.2 Å². The van der Waals surface area contributed by atoms with Crippen molar-refractivity contribution in [1.29, 1.82) is 0 Å². The van der Waals surface area contributed by atoms with E-state index in [0.29, 0.717) is 17.2 Å². The number of hydrogen-bond donors (Lipinski definition) is 1. The third-order valence-electron chi connectivity index (χ3n) is 2.94.